The lowest BCUT2D eigenvalue weighted by atomic mass is 9.96. The van der Waals surface area contributed by atoms with E-state index >= 15 is 0 Å². The van der Waals surface area contributed by atoms with Crippen LogP contribution in [0.3, 0.4) is 0 Å². The molecule has 254 valence electrons. The van der Waals surface area contributed by atoms with E-state index in [1.165, 1.54) is 60.4 Å². The van der Waals surface area contributed by atoms with Gasteiger partial charge in [-0.05, 0) is 93.4 Å². The van der Waals surface area contributed by atoms with E-state index in [9.17, 15) is 0 Å². The van der Waals surface area contributed by atoms with Gasteiger partial charge in [0.2, 0.25) is 0 Å². The van der Waals surface area contributed by atoms with Gasteiger partial charge in [-0.1, -0.05) is 164 Å². The Kier molecular flexibility index (Phi) is 7.85. The second-order valence-electron chi connectivity index (χ2n) is 13.8. The van der Waals surface area contributed by atoms with Gasteiger partial charge in [0.1, 0.15) is 0 Å². The van der Waals surface area contributed by atoms with Crippen molar-refractivity contribution in [3.63, 3.8) is 0 Å². The summed E-state index contributed by atoms with van der Waals surface area (Å²) < 4.78 is 2.39. The largest absolute Gasteiger partial charge is 0.310 e. The van der Waals surface area contributed by atoms with Crippen molar-refractivity contribution in [2.45, 2.75) is 0 Å². The van der Waals surface area contributed by atoms with Crippen LogP contribution in [0, 0.1) is 0 Å². The van der Waals surface area contributed by atoms with Crippen LogP contribution in [0.1, 0.15) is 0 Å². The van der Waals surface area contributed by atoms with Gasteiger partial charge >= 0.3 is 0 Å². The van der Waals surface area contributed by atoms with E-state index in [0.29, 0.717) is 0 Å². The number of hydrogen-bond donors (Lipinski definition) is 0. The highest BCUT2D eigenvalue weighted by molar-refractivity contribution is 6.09. The first-order valence-electron chi connectivity index (χ1n) is 18.5. The number of anilines is 3. The Morgan fingerprint density at radius 2 is 0.815 bits per heavy atom. The number of aromatic nitrogens is 1. The predicted octanol–water partition coefficient (Wildman–Crippen LogP) is 14.4. The summed E-state index contributed by atoms with van der Waals surface area (Å²) in [5.74, 6) is 0. The Balaban J connectivity index is 1.13. The molecular weight excluding hydrogens is 653 g/mol. The summed E-state index contributed by atoms with van der Waals surface area (Å²) in [6.07, 6.45) is 0. The third kappa shape index (κ3) is 5.53. The van der Waals surface area contributed by atoms with E-state index < -0.39 is 0 Å². The van der Waals surface area contributed by atoms with Crippen molar-refractivity contribution in [1.82, 2.24) is 4.57 Å². The Labute approximate surface area is 315 Å². The van der Waals surface area contributed by atoms with E-state index in [4.69, 9.17) is 0 Å². The molecule has 10 aromatic rings. The SMILES string of the molecule is c1ccc(-c2ccc(N(c3cccc(-c4cccc(-n5c6ccccc6c6ccccc65)c4)c3)c3ccc(-c4ccccc4)c4ccccc34)cc2)cc1. The zero-order valence-electron chi connectivity index (χ0n) is 29.7. The predicted molar refractivity (Wildman–Crippen MR) is 229 cm³/mol. The maximum atomic E-state index is 2.41. The monoisotopic (exact) mass is 688 g/mol. The fourth-order valence-corrected chi connectivity index (χ4v) is 8.06. The van der Waals surface area contributed by atoms with Crippen molar-refractivity contribution < 1.29 is 0 Å². The molecule has 1 aromatic heterocycles. The Morgan fingerprint density at radius 3 is 1.50 bits per heavy atom. The zero-order valence-corrected chi connectivity index (χ0v) is 29.7. The molecule has 0 atom stereocenters. The summed E-state index contributed by atoms with van der Waals surface area (Å²) in [6.45, 7) is 0. The number of nitrogens with zero attached hydrogens (tertiary/aromatic N) is 2. The minimum Gasteiger partial charge on any atom is -0.310 e. The summed E-state index contributed by atoms with van der Waals surface area (Å²) in [6, 6.07) is 78.9. The molecule has 0 aliphatic rings. The molecule has 10 rings (SSSR count). The van der Waals surface area contributed by atoms with Gasteiger partial charge in [-0.15, -0.1) is 0 Å². The molecule has 0 saturated heterocycles. The molecule has 0 radical (unpaired) electrons. The Morgan fingerprint density at radius 1 is 0.296 bits per heavy atom. The Bertz CT molecular complexity index is 2870. The van der Waals surface area contributed by atoms with Gasteiger partial charge in [-0.2, -0.15) is 0 Å². The number of fused-ring (bicyclic) bond motifs is 4. The van der Waals surface area contributed by atoms with Crippen LogP contribution in [0.5, 0.6) is 0 Å². The van der Waals surface area contributed by atoms with Gasteiger partial charge in [0, 0.05) is 33.2 Å². The summed E-state index contributed by atoms with van der Waals surface area (Å²) >= 11 is 0. The number of benzene rings is 9. The molecule has 2 heteroatoms. The fourth-order valence-electron chi connectivity index (χ4n) is 8.06. The smallest absolute Gasteiger partial charge is 0.0541 e. The van der Waals surface area contributed by atoms with Gasteiger partial charge < -0.3 is 9.47 Å². The van der Waals surface area contributed by atoms with Crippen molar-refractivity contribution in [2.75, 3.05) is 4.90 Å². The number of para-hydroxylation sites is 2. The molecule has 2 nitrogen and oxygen atoms in total. The summed E-state index contributed by atoms with van der Waals surface area (Å²) in [7, 11) is 0. The minimum atomic E-state index is 1.10. The van der Waals surface area contributed by atoms with Gasteiger partial charge in [-0.3, -0.25) is 0 Å². The quantitative estimate of drug-likeness (QED) is 0.162. The molecule has 0 saturated carbocycles. The molecule has 0 fully saturated rings. The summed E-state index contributed by atoms with van der Waals surface area (Å²) in [5.41, 5.74) is 14.1. The lowest BCUT2D eigenvalue weighted by Gasteiger charge is -2.28. The van der Waals surface area contributed by atoms with Crippen LogP contribution in [0.15, 0.2) is 218 Å². The molecule has 54 heavy (non-hydrogen) atoms. The van der Waals surface area contributed by atoms with Crippen LogP contribution in [-0.4, -0.2) is 4.57 Å². The Hall–Kier alpha value is -7.16. The van der Waals surface area contributed by atoms with E-state index in [1.807, 2.05) is 0 Å². The average Bonchev–Trinajstić information content (AvgIpc) is 3.59. The first-order chi connectivity index (χ1) is 26.8. The highest BCUT2D eigenvalue weighted by atomic mass is 15.1. The number of hydrogen-bond acceptors (Lipinski definition) is 1. The van der Waals surface area contributed by atoms with Crippen LogP contribution in [0.2, 0.25) is 0 Å². The van der Waals surface area contributed by atoms with Gasteiger partial charge in [0.05, 0.1) is 16.7 Å². The van der Waals surface area contributed by atoms with Gasteiger partial charge in [0.15, 0.2) is 0 Å². The minimum absolute atomic E-state index is 1.10. The van der Waals surface area contributed by atoms with Crippen molar-refractivity contribution in [3.05, 3.63) is 218 Å². The molecule has 0 N–H and O–H groups in total. The average molecular weight is 689 g/mol. The topological polar surface area (TPSA) is 8.17 Å². The van der Waals surface area contributed by atoms with Crippen LogP contribution in [0.4, 0.5) is 17.1 Å². The summed E-state index contributed by atoms with van der Waals surface area (Å²) in [5, 5.41) is 4.95. The van der Waals surface area contributed by atoms with Crippen LogP contribution < -0.4 is 4.90 Å². The zero-order chi connectivity index (χ0) is 35.8. The molecule has 9 aromatic carbocycles. The van der Waals surface area contributed by atoms with Gasteiger partial charge in [-0.25, -0.2) is 0 Å². The number of rotatable bonds is 7. The van der Waals surface area contributed by atoms with E-state index in [1.54, 1.807) is 0 Å². The molecule has 1 heterocycles. The molecular formula is C52H36N2. The first-order valence-corrected chi connectivity index (χ1v) is 18.5. The third-order valence-corrected chi connectivity index (χ3v) is 10.6. The molecule has 0 bridgehead atoms. The maximum absolute atomic E-state index is 2.41. The molecule has 0 aliphatic carbocycles. The second-order valence-corrected chi connectivity index (χ2v) is 13.8. The lowest BCUT2D eigenvalue weighted by Crippen LogP contribution is -2.10. The van der Waals surface area contributed by atoms with Crippen molar-refractivity contribution in [3.8, 4) is 39.1 Å². The first kappa shape index (κ1) is 31.6. The van der Waals surface area contributed by atoms with E-state index in [0.717, 1.165) is 28.3 Å². The highest BCUT2D eigenvalue weighted by Crippen LogP contribution is 2.43. The highest BCUT2D eigenvalue weighted by Gasteiger charge is 2.19. The van der Waals surface area contributed by atoms with Crippen molar-refractivity contribution >= 4 is 49.6 Å². The normalized spacial score (nSPS) is 11.3. The third-order valence-electron chi connectivity index (χ3n) is 10.6. The maximum Gasteiger partial charge on any atom is 0.0541 e. The molecule has 0 aliphatic heterocycles. The van der Waals surface area contributed by atoms with Gasteiger partial charge in [0.25, 0.3) is 0 Å². The van der Waals surface area contributed by atoms with Crippen molar-refractivity contribution in [1.29, 1.82) is 0 Å². The molecule has 0 unspecified atom stereocenters. The van der Waals surface area contributed by atoms with Crippen LogP contribution in [0.25, 0.3) is 71.6 Å². The van der Waals surface area contributed by atoms with Crippen LogP contribution in [-0.2, 0) is 0 Å². The second kappa shape index (κ2) is 13.4. The van der Waals surface area contributed by atoms with E-state index in [2.05, 4.69) is 228 Å². The standard InChI is InChI=1S/C52H36N2/c1-3-15-37(16-4-1)38-29-31-42(32-30-38)53(52-34-33-45(39-17-5-2-6-18-39)46-23-7-8-24-47(46)52)43-21-13-19-40(35-43)41-20-14-22-44(36-41)54-50-27-11-9-25-48(50)49-26-10-12-28-51(49)54/h1-36H. The van der Waals surface area contributed by atoms with Crippen LogP contribution >= 0.6 is 0 Å². The molecule has 0 amide bonds. The van der Waals surface area contributed by atoms with E-state index in [-0.39, 0.29) is 0 Å². The lowest BCUT2D eigenvalue weighted by molar-refractivity contribution is 1.18. The van der Waals surface area contributed by atoms with Crippen molar-refractivity contribution in [2.24, 2.45) is 0 Å². The summed E-state index contributed by atoms with van der Waals surface area (Å²) in [4.78, 5) is 2.41. The molecule has 0 spiro atoms. The fraction of sp³-hybridized carbons (Fsp3) is 0.